The molecule has 31 heavy (non-hydrogen) atoms. The molecule has 1 aromatic heterocycles. The molecule has 0 unspecified atom stereocenters. The lowest BCUT2D eigenvalue weighted by atomic mass is 10.1. The van der Waals surface area contributed by atoms with Crippen LogP contribution in [0.5, 0.6) is 11.5 Å². The lowest BCUT2D eigenvalue weighted by molar-refractivity contribution is -0.128. The second-order valence-corrected chi connectivity index (χ2v) is 8.01. The molecule has 1 atom stereocenters. The normalized spacial score (nSPS) is 18.2. The largest absolute Gasteiger partial charge is 0.485 e. The van der Waals surface area contributed by atoms with Gasteiger partial charge < -0.3 is 15.2 Å². The van der Waals surface area contributed by atoms with E-state index in [0.29, 0.717) is 18.0 Å². The van der Waals surface area contributed by atoms with Crippen molar-refractivity contribution in [3.05, 3.63) is 45.1 Å². The van der Waals surface area contributed by atoms with Gasteiger partial charge in [-0.05, 0) is 31.4 Å². The molecule has 4 rings (SSSR count). The van der Waals surface area contributed by atoms with E-state index in [9.17, 15) is 14.4 Å². The van der Waals surface area contributed by atoms with Gasteiger partial charge in [0.05, 0.1) is 0 Å². The molecule has 1 aliphatic heterocycles. The van der Waals surface area contributed by atoms with Crippen LogP contribution in [0.25, 0.3) is 0 Å². The number of amides is 1. The summed E-state index contributed by atoms with van der Waals surface area (Å²) in [7, 11) is 0. The molecule has 166 valence electrons. The van der Waals surface area contributed by atoms with Crippen LogP contribution in [-0.2, 0) is 11.3 Å². The highest BCUT2D eigenvalue weighted by Crippen LogP contribution is 2.34. The molecule has 2 aromatic rings. The summed E-state index contributed by atoms with van der Waals surface area (Å²) in [6.45, 7) is 2.40. The van der Waals surface area contributed by atoms with E-state index in [4.69, 9.17) is 15.2 Å². The molecular weight excluding hydrogens is 400 g/mol. The quantitative estimate of drug-likeness (QED) is 0.727. The molecule has 2 heterocycles. The minimum atomic E-state index is -0.912. The van der Waals surface area contributed by atoms with E-state index in [1.807, 2.05) is 13.0 Å². The molecular formula is C22H28N4O5. The fraction of sp³-hybridized carbons (Fsp3) is 0.500. The summed E-state index contributed by atoms with van der Waals surface area (Å²) in [6.07, 6.45) is 4.08. The third-order valence-corrected chi connectivity index (χ3v) is 5.90. The van der Waals surface area contributed by atoms with Crippen LogP contribution in [0.15, 0.2) is 33.9 Å². The number of para-hydroxylation sites is 2. The zero-order chi connectivity index (χ0) is 22.0. The van der Waals surface area contributed by atoms with E-state index in [-0.39, 0.29) is 30.1 Å². The number of unbranched alkanes of at least 4 members (excludes halogenated alkanes) is 1. The first-order valence-electron chi connectivity index (χ1n) is 10.9. The summed E-state index contributed by atoms with van der Waals surface area (Å²) in [5.41, 5.74) is 5.11. The van der Waals surface area contributed by atoms with Crippen LogP contribution in [0.4, 0.5) is 11.5 Å². The fourth-order valence-electron chi connectivity index (χ4n) is 4.28. The number of nitrogens with zero attached hydrogens (tertiary/aromatic N) is 2. The van der Waals surface area contributed by atoms with E-state index in [1.54, 1.807) is 18.2 Å². The molecule has 0 bridgehead atoms. The number of carbonyl (C=O) groups is 1. The van der Waals surface area contributed by atoms with Gasteiger partial charge in [0.25, 0.3) is 11.5 Å². The van der Waals surface area contributed by atoms with Crippen molar-refractivity contribution in [2.75, 3.05) is 17.2 Å². The number of benzene rings is 1. The number of H-pyrrole nitrogens is 1. The highest BCUT2D eigenvalue weighted by Gasteiger charge is 2.39. The summed E-state index contributed by atoms with van der Waals surface area (Å²) in [5.74, 6) is 0.677. The van der Waals surface area contributed by atoms with Gasteiger partial charge >= 0.3 is 5.69 Å². The smallest absolute Gasteiger partial charge is 0.330 e. The second-order valence-electron chi connectivity index (χ2n) is 8.01. The molecule has 2 aliphatic rings. The van der Waals surface area contributed by atoms with E-state index < -0.39 is 17.4 Å². The molecule has 3 N–H and O–H groups in total. The molecule has 0 spiro atoms. The number of nitrogens with two attached hydrogens (primary N) is 1. The topological polar surface area (TPSA) is 120 Å². The number of nitrogen functional groups attached to an aromatic ring is 1. The summed E-state index contributed by atoms with van der Waals surface area (Å²) in [5, 5.41) is 0. The molecule has 1 saturated carbocycles. The molecule has 9 nitrogen and oxygen atoms in total. The third kappa shape index (κ3) is 4.04. The number of hydrogen-bond acceptors (Lipinski definition) is 6. The number of aromatic nitrogens is 2. The number of aromatic amines is 1. The van der Waals surface area contributed by atoms with Gasteiger partial charge in [-0.3, -0.25) is 24.0 Å². The lowest BCUT2D eigenvalue weighted by Gasteiger charge is -2.34. The van der Waals surface area contributed by atoms with Gasteiger partial charge in [0.1, 0.15) is 12.4 Å². The van der Waals surface area contributed by atoms with Gasteiger partial charge in [-0.2, -0.15) is 0 Å². The van der Waals surface area contributed by atoms with Gasteiger partial charge in [0.15, 0.2) is 17.2 Å². The Kier molecular flexibility index (Phi) is 6.01. The van der Waals surface area contributed by atoms with E-state index in [1.165, 1.54) is 9.47 Å². The van der Waals surface area contributed by atoms with Crippen molar-refractivity contribution in [3.8, 4) is 11.5 Å². The Bertz CT molecular complexity index is 1070. The number of anilines is 2. The van der Waals surface area contributed by atoms with Crippen molar-refractivity contribution in [2.45, 2.75) is 64.1 Å². The number of ether oxygens (including phenoxy) is 2. The van der Waals surface area contributed by atoms with Crippen LogP contribution in [0.1, 0.15) is 45.4 Å². The molecule has 1 aromatic carbocycles. The lowest BCUT2D eigenvalue weighted by Crippen LogP contribution is -2.52. The molecule has 1 fully saturated rings. The Balaban J connectivity index is 1.74. The van der Waals surface area contributed by atoms with Gasteiger partial charge in [-0.15, -0.1) is 0 Å². The van der Waals surface area contributed by atoms with Crippen LogP contribution in [-0.4, -0.2) is 34.2 Å². The Hall–Kier alpha value is -3.23. The van der Waals surface area contributed by atoms with Crippen molar-refractivity contribution in [1.82, 2.24) is 9.55 Å². The van der Waals surface area contributed by atoms with Crippen LogP contribution < -0.4 is 31.4 Å². The summed E-state index contributed by atoms with van der Waals surface area (Å²) in [4.78, 5) is 42.6. The van der Waals surface area contributed by atoms with Crippen molar-refractivity contribution in [2.24, 2.45) is 0 Å². The first kappa shape index (κ1) is 21.0. The number of fused-ring (bicyclic) bond motifs is 1. The zero-order valence-electron chi connectivity index (χ0n) is 17.6. The zero-order valence-corrected chi connectivity index (χ0v) is 17.6. The number of hydrogen-bond donors (Lipinski definition) is 2. The van der Waals surface area contributed by atoms with Crippen molar-refractivity contribution < 1.29 is 14.3 Å². The third-order valence-electron chi connectivity index (χ3n) is 5.90. The maximum absolute atomic E-state index is 13.6. The van der Waals surface area contributed by atoms with Crippen molar-refractivity contribution in [1.29, 1.82) is 0 Å². The van der Waals surface area contributed by atoms with Crippen LogP contribution in [0.2, 0.25) is 0 Å². The first-order chi connectivity index (χ1) is 15.0. The van der Waals surface area contributed by atoms with Crippen molar-refractivity contribution in [3.63, 3.8) is 0 Å². The summed E-state index contributed by atoms with van der Waals surface area (Å²) >= 11 is 0. The average molecular weight is 428 g/mol. The van der Waals surface area contributed by atoms with Crippen LogP contribution in [0, 0.1) is 0 Å². The maximum Gasteiger partial charge on any atom is 0.330 e. The van der Waals surface area contributed by atoms with E-state index >= 15 is 0 Å². The average Bonchev–Trinajstić information content (AvgIpc) is 3.30. The Labute approximate surface area is 179 Å². The Morgan fingerprint density at radius 1 is 1.23 bits per heavy atom. The predicted molar refractivity (Wildman–Crippen MR) is 117 cm³/mol. The standard InChI is InChI=1S/C22H28N4O5/c1-2-3-12-25-19(23)18(20(27)24-22(25)29)26(14-8-4-5-9-14)21(28)17-13-30-15-10-6-7-11-16(15)31-17/h6-7,10-11,14,17H,2-5,8-9,12-13,23H2,1H3,(H,24,27,29)/t17-/m1/s1. The molecule has 0 radical (unpaired) electrons. The molecule has 0 saturated heterocycles. The first-order valence-corrected chi connectivity index (χ1v) is 10.9. The highest BCUT2D eigenvalue weighted by atomic mass is 16.6. The number of nitrogens with one attached hydrogen (secondary N) is 1. The summed E-state index contributed by atoms with van der Waals surface area (Å²) < 4.78 is 13.0. The predicted octanol–water partition coefficient (Wildman–Crippen LogP) is 2.03. The number of rotatable bonds is 6. The van der Waals surface area contributed by atoms with Gasteiger partial charge in [-0.1, -0.05) is 38.3 Å². The van der Waals surface area contributed by atoms with Gasteiger partial charge in [0.2, 0.25) is 6.10 Å². The van der Waals surface area contributed by atoms with Gasteiger partial charge in [0, 0.05) is 12.6 Å². The van der Waals surface area contributed by atoms with Crippen LogP contribution in [0.3, 0.4) is 0 Å². The van der Waals surface area contributed by atoms with Gasteiger partial charge in [-0.25, -0.2) is 4.79 Å². The van der Waals surface area contributed by atoms with Crippen LogP contribution >= 0.6 is 0 Å². The Morgan fingerprint density at radius 2 is 1.94 bits per heavy atom. The van der Waals surface area contributed by atoms with E-state index in [0.717, 1.165) is 38.5 Å². The minimum absolute atomic E-state index is 0.0135. The molecule has 1 amide bonds. The molecule has 9 heteroatoms. The fourth-order valence-corrected chi connectivity index (χ4v) is 4.28. The highest BCUT2D eigenvalue weighted by molar-refractivity contribution is 5.99. The Morgan fingerprint density at radius 3 is 2.65 bits per heavy atom. The van der Waals surface area contributed by atoms with Crippen molar-refractivity contribution >= 4 is 17.4 Å². The maximum atomic E-state index is 13.6. The number of carbonyl (C=O) groups excluding carboxylic acids is 1. The SMILES string of the molecule is CCCCn1c(N)c(N(C(=O)[C@H]2COc3ccccc3O2)C2CCCC2)c(=O)[nH]c1=O. The minimum Gasteiger partial charge on any atom is -0.485 e. The molecule has 1 aliphatic carbocycles. The summed E-state index contributed by atoms with van der Waals surface area (Å²) in [6, 6.07) is 6.96. The monoisotopic (exact) mass is 428 g/mol. The second kappa shape index (κ2) is 8.87. The van der Waals surface area contributed by atoms with E-state index in [2.05, 4.69) is 4.98 Å².